The lowest BCUT2D eigenvalue weighted by atomic mass is 9.87. The Morgan fingerprint density at radius 2 is 1.96 bits per heavy atom. The lowest BCUT2D eigenvalue weighted by Gasteiger charge is -2.16. The van der Waals surface area contributed by atoms with Crippen molar-refractivity contribution in [3.8, 4) is 0 Å². The van der Waals surface area contributed by atoms with E-state index in [1.165, 1.54) is 12.1 Å². The van der Waals surface area contributed by atoms with Gasteiger partial charge in [0.25, 0.3) is 0 Å². The fourth-order valence-corrected chi connectivity index (χ4v) is 3.67. The molecule has 0 aliphatic heterocycles. The van der Waals surface area contributed by atoms with Crippen LogP contribution in [-0.4, -0.2) is 17.9 Å². The maximum atomic E-state index is 13.0. The molecule has 0 N–H and O–H groups in total. The van der Waals surface area contributed by atoms with Crippen LogP contribution in [0.15, 0.2) is 42.5 Å². The summed E-state index contributed by atoms with van der Waals surface area (Å²) in [6, 6.07) is 6.37. The molecule has 1 aliphatic rings. The lowest BCUT2D eigenvalue weighted by molar-refractivity contribution is -0.147. The summed E-state index contributed by atoms with van der Waals surface area (Å²) in [6.45, 7) is 5.80. The van der Waals surface area contributed by atoms with Crippen LogP contribution in [0.3, 0.4) is 0 Å². The van der Waals surface area contributed by atoms with Gasteiger partial charge in [-0.05, 0) is 62.6 Å². The van der Waals surface area contributed by atoms with Gasteiger partial charge in [0.15, 0.2) is 0 Å². The Bertz CT molecular complexity index is 703. The van der Waals surface area contributed by atoms with Crippen LogP contribution in [0.2, 0.25) is 0 Å². The standard InChI is InChI=1S/C24H31FO3/c1-17(2)28-24(27)9-7-5-4-6-8-22-21(18(3)16-23(22)26)15-12-19-10-13-20(25)14-11-19/h4,6,10-15,17-18,21-22H,5,7-9,16H2,1-3H3/b6-4-,15-12+/t18-,21+,22-/m1/s1. The molecule has 4 heteroatoms. The van der Waals surface area contributed by atoms with Crippen LogP contribution in [0, 0.1) is 23.6 Å². The van der Waals surface area contributed by atoms with Crippen molar-refractivity contribution in [3.63, 3.8) is 0 Å². The topological polar surface area (TPSA) is 43.4 Å². The van der Waals surface area contributed by atoms with Gasteiger partial charge < -0.3 is 4.74 Å². The highest BCUT2D eigenvalue weighted by Crippen LogP contribution is 2.37. The molecule has 3 atom stereocenters. The van der Waals surface area contributed by atoms with Gasteiger partial charge in [-0.2, -0.15) is 0 Å². The van der Waals surface area contributed by atoms with Crippen LogP contribution >= 0.6 is 0 Å². The number of ketones is 1. The lowest BCUT2D eigenvalue weighted by Crippen LogP contribution is -2.14. The first-order valence-corrected chi connectivity index (χ1v) is 10.2. The Balaban J connectivity index is 1.83. The summed E-state index contributed by atoms with van der Waals surface area (Å²) >= 11 is 0. The molecule has 0 saturated heterocycles. The molecule has 2 rings (SSSR count). The van der Waals surface area contributed by atoms with E-state index in [9.17, 15) is 14.0 Å². The van der Waals surface area contributed by atoms with Gasteiger partial charge in [-0.25, -0.2) is 4.39 Å². The molecule has 152 valence electrons. The molecule has 1 aromatic carbocycles. The van der Waals surface area contributed by atoms with Crippen molar-refractivity contribution in [1.82, 2.24) is 0 Å². The Morgan fingerprint density at radius 3 is 2.64 bits per heavy atom. The Hall–Kier alpha value is -2.23. The van der Waals surface area contributed by atoms with E-state index in [1.54, 1.807) is 12.1 Å². The van der Waals surface area contributed by atoms with Crippen LogP contribution in [0.25, 0.3) is 6.08 Å². The van der Waals surface area contributed by atoms with Crippen LogP contribution in [0.5, 0.6) is 0 Å². The third kappa shape index (κ3) is 7.06. The number of rotatable bonds is 9. The van der Waals surface area contributed by atoms with E-state index in [-0.39, 0.29) is 29.7 Å². The maximum Gasteiger partial charge on any atom is 0.306 e. The molecule has 0 unspecified atom stereocenters. The number of unbranched alkanes of at least 4 members (excludes halogenated alkanes) is 1. The number of hydrogen-bond donors (Lipinski definition) is 0. The van der Waals surface area contributed by atoms with Gasteiger partial charge in [-0.1, -0.05) is 43.4 Å². The third-order valence-corrected chi connectivity index (χ3v) is 5.11. The Labute approximate surface area is 167 Å². The van der Waals surface area contributed by atoms with E-state index in [4.69, 9.17) is 4.74 Å². The Kier molecular flexibility index (Phi) is 8.62. The summed E-state index contributed by atoms with van der Waals surface area (Å²) in [7, 11) is 0. The molecule has 1 aromatic rings. The normalized spacial score (nSPS) is 22.6. The molecule has 3 nitrogen and oxygen atoms in total. The van der Waals surface area contributed by atoms with E-state index < -0.39 is 0 Å². The fourth-order valence-electron chi connectivity index (χ4n) is 3.67. The zero-order valence-electron chi connectivity index (χ0n) is 17.1. The highest BCUT2D eigenvalue weighted by Gasteiger charge is 2.37. The smallest absolute Gasteiger partial charge is 0.306 e. The molecule has 0 amide bonds. The number of esters is 1. The molecule has 0 radical (unpaired) electrons. The summed E-state index contributed by atoms with van der Waals surface area (Å²) in [5.41, 5.74) is 0.940. The van der Waals surface area contributed by atoms with Gasteiger partial charge in [0.2, 0.25) is 0 Å². The molecule has 0 aromatic heterocycles. The Morgan fingerprint density at radius 1 is 1.25 bits per heavy atom. The molecule has 1 aliphatic carbocycles. The zero-order valence-corrected chi connectivity index (χ0v) is 17.1. The van der Waals surface area contributed by atoms with Crippen LogP contribution in [-0.2, 0) is 14.3 Å². The molecule has 28 heavy (non-hydrogen) atoms. The van der Waals surface area contributed by atoms with Gasteiger partial charge in [-0.3, -0.25) is 9.59 Å². The second-order valence-corrected chi connectivity index (χ2v) is 7.88. The number of benzene rings is 1. The minimum Gasteiger partial charge on any atom is -0.463 e. The minimum absolute atomic E-state index is 0.00569. The highest BCUT2D eigenvalue weighted by atomic mass is 19.1. The van der Waals surface area contributed by atoms with Gasteiger partial charge in [-0.15, -0.1) is 0 Å². The molecule has 0 bridgehead atoms. The van der Waals surface area contributed by atoms with Crippen LogP contribution < -0.4 is 0 Å². The predicted octanol–water partition coefficient (Wildman–Crippen LogP) is 5.75. The van der Waals surface area contributed by atoms with E-state index in [2.05, 4.69) is 25.2 Å². The van der Waals surface area contributed by atoms with E-state index in [0.717, 1.165) is 24.8 Å². The minimum atomic E-state index is -0.248. The zero-order chi connectivity index (χ0) is 20.5. The summed E-state index contributed by atoms with van der Waals surface area (Å²) in [5, 5.41) is 0. The van der Waals surface area contributed by atoms with Gasteiger partial charge in [0, 0.05) is 18.8 Å². The number of Topliss-reactive ketones (excluding diaryl/α,β-unsaturated/α-hetero) is 1. The first-order chi connectivity index (χ1) is 13.4. The number of hydrogen-bond acceptors (Lipinski definition) is 3. The maximum absolute atomic E-state index is 13.0. The average molecular weight is 387 g/mol. The van der Waals surface area contributed by atoms with Gasteiger partial charge in [0.05, 0.1) is 6.10 Å². The second kappa shape index (κ2) is 10.9. The van der Waals surface area contributed by atoms with Crippen molar-refractivity contribution in [2.24, 2.45) is 17.8 Å². The molecule has 1 saturated carbocycles. The molecule has 0 heterocycles. The SMILES string of the molecule is CC(C)OC(=O)CCC/C=C\C[C@H]1C(=O)C[C@@H](C)[C@@H]1/C=C/c1ccc(F)cc1. The monoisotopic (exact) mass is 386 g/mol. The van der Waals surface area contributed by atoms with Gasteiger partial charge in [0.1, 0.15) is 11.6 Å². The number of carbonyl (C=O) groups is 2. The van der Waals surface area contributed by atoms with Crippen LogP contribution in [0.1, 0.15) is 58.4 Å². The number of halogens is 1. The summed E-state index contributed by atoms with van der Waals surface area (Å²) in [4.78, 5) is 23.9. The van der Waals surface area contributed by atoms with Crippen molar-refractivity contribution < 1.29 is 18.7 Å². The second-order valence-electron chi connectivity index (χ2n) is 7.88. The number of ether oxygens (including phenoxy) is 1. The quantitative estimate of drug-likeness (QED) is 0.308. The highest BCUT2D eigenvalue weighted by molar-refractivity contribution is 5.84. The molecule has 1 fully saturated rings. The van der Waals surface area contributed by atoms with Crippen molar-refractivity contribution in [1.29, 1.82) is 0 Å². The summed E-state index contributed by atoms with van der Waals surface area (Å²) < 4.78 is 18.1. The van der Waals surface area contributed by atoms with Crippen molar-refractivity contribution >= 4 is 17.8 Å². The fraction of sp³-hybridized carbons (Fsp3) is 0.500. The third-order valence-electron chi connectivity index (χ3n) is 5.11. The van der Waals surface area contributed by atoms with Crippen molar-refractivity contribution in [2.75, 3.05) is 0 Å². The number of carbonyl (C=O) groups excluding carboxylic acids is 2. The van der Waals surface area contributed by atoms with E-state index in [1.807, 2.05) is 19.9 Å². The molecular formula is C24H31FO3. The van der Waals surface area contributed by atoms with E-state index in [0.29, 0.717) is 24.5 Å². The first kappa shape index (κ1) is 22.1. The van der Waals surface area contributed by atoms with Crippen molar-refractivity contribution in [2.45, 2.75) is 59.0 Å². The van der Waals surface area contributed by atoms with E-state index >= 15 is 0 Å². The largest absolute Gasteiger partial charge is 0.463 e. The van der Waals surface area contributed by atoms with Crippen LogP contribution in [0.4, 0.5) is 4.39 Å². The average Bonchev–Trinajstić information content (AvgIpc) is 2.90. The number of allylic oxidation sites excluding steroid dienone is 3. The van der Waals surface area contributed by atoms with Crippen molar-refractivity contribution in [3.05, 3.63) is 53.9 Å². The first-order valence-electron chi connectivity index (χ1n) is 10.2. The van der Waals surface area contributed by atoms with Gasteiger partial charge >= 0.3 is 5.97 Å². The molecule has 0 spiro atoms. The predicted molar refractivity (Wildman–Crippen MR) is 110 cm³/mol. The summed E-state index contributed by atoms with van der Waals surface area (Å²) in [5.74, 6) is 0.410. The molecular weight excluding hydrogens is 355 g/mol. The summed E-state index contributed by atoms with van der Waals surface area (Å²) in [6.07, 6.45) is 11.4.